The van der Waals surface area contributed by atoms with Gasteiger partial charge < -0.3 is 20.6 Å². The monoisotopic (exact) mass is 507 g/mol. The molecule has 1 aliphatic rings. The topological polar surface area (TPSA) is 191 Å². The second kappa shape index (κ2) is 11.0. The number of nitrogens with one attached hydrogen (secondary N) is 1. The number of nitrogen functional groups attached to an aromatic ring is 1. The minimum absolute atomic E-state index is 0. The third kappa shape index (κ3) is 6.07. The number of nitrogens with two attached hydrogens (primary N) is 1. The maximum atomic E-state index is 12.8. The Balaban J connectivity index is 0.00000385. The van der Waals surface area contributed by atoms with Crippen molar-refractivity contribution in [1.82, 2.24) is 14.6 Å². The zero-order valence-corrected chi connectivity index (χ0v) is 18.0. The third-order valence-corrected chi connectivity index (χ3v) is 5.82. The van der Waals surface area contributed by atoms with Crippen LogP contribution in [0, 0.1) is 0 Å². The van der Waals surface area contributed by atoms with Gasteiger partial charge in [-0.25, -0.2) is 9.78 Å². The van der Waals surface area contributed by atoms with Gasteiger partial charge in [0.1, 0.15) is 18.3 Å². The Bertz CT molecular complexity index is 1170. The molecule has 16 heteroatoms. The van der Waals surface area contributed by atoms with Crippen molar-refractivity contribution in [2.45, 2.75) is 18.7 Å². The molecule has 0 radical (unpaired) electrons. The van der Waals surface area contributed by atoms with Crippen LogP contribution in [0.4, 0.5) is 5.13 Å². The Hall–Kier alpha value is -2.56. The number of aromatic nitrogens is 1. The van der Waals surface area contributed by atoms with Crippen molar-refractivity contribution in [3.05, 3.63) is 47.0 Å². The van der Waals surface area contributed by atoms with Gasteiger partial charge >= 0.3 is 45.8 Å². The van der Waals surface area contributed by atoms with E-state index in [0.29, 0.717) is 0 Å². The standard InChI is InChI=1S/C17H17N5O8S2.Na.H/c1-29-16(25)13-12(15(24)22(13)32(26,27)28)20-14(23)11(10-8-31-17(18)19-10)21-30-7-9-5-3-2-4-6-9;;/h2-6,8,12-13H,7H2,1H3,(H2,18,19)(H,20,23)(H,26,27,28);;/b21-11-;;. The number of hydrogen-bond donors (Lipinski definition) is 3. The molecule has 2 atom stereocenters. The number of esters is 1. The van der Waals surface area contributed by atoms with Crippen LogP contribution in [0.5, 0.6) is 0 Å². The molecule has 172 valence electrons. The van der Waals surface area contributed by atoms with Crippen LogP contribution >= 0.6 is 11.3 Å². The number of carbonyl (C=O) groups is 3. The van der Waals surface area contributed by atoms with E-state index in [4.69, 9.17) is 10.6 Å². The van der Waals surface area contributed by atoms with E-state index >= 15 is 0 Å². The molecule has 3 rings (SSSR count). The van der Waals surface area contributed by atoms with Gasteiger partial charge in [0.25, 0.3) is 11.8 Å². The van der Waals surface area contributed by atoms with Crippen molar-refractivity contribution in [3.8, 4) is 0 Å². The van der Waals surface area contributed by atoms with Gasteiger partial charge in [-0.15, -0.1) is 11.3 Å². The maximum absolute atomic E-state index is 12.8. The van der Waals surface area contributed by atoms with Crippen molar-refractivity contribution >= 4 is 79.8 Å². The van der Waals surface area contributed by atoms with Crippen molar-refractivity contribution in [2.24, 2.45) is 5.16 Å². The molecule has 0 spiro atoms. The van der Waals surface area contributed by atoms with Crippen LogP contribution in [0.3, 0.4) is 0 Å². The summed E-state index contributed by atoms with van der Waals surface area (Å²) in [6.07, 6.45) is 0. The molecule has 1 aromatic carbocycles. The Labute approximate surface area is 214 Å². The molecule has 2 heterocycles. The zero-order chi connectivity index (χ0) is 23.5. The number of β-lactam (4-membered cyclic amide) rings is 1. The molecule has 0 saturated carbocycles. The van der Waals surface area contributed by atoms with Gasteiger partial charge in [0, 0.05) is 5.38 Å². The molecular weight excluding hydrogens is 489 g/mol. The van der Waals surface area contributed by atoms with E-state index in [2.05, 4.69) is 20.2 Å². The first kappa shape index (κ1) is 26.7. The summed E-state index contributed by atoms with van der Waals surface area (Å²) in [7, 11) is -4.10. The van der Waals surface area contributed by atoms with Crippen LogP contribution in [-0.2, 0) is 40.9 Å². The Morgan fingerprint density at radius 2 is 2.00 bits per heavy atom. The first-order valence-electron chi connectivity index (χ1n) is 8.78. The SMILES string of the molecule is COC(=O)C1C(NC(=O)/C(=N\OCc2ccccc2)c2csc(N)n2)C(=O)N1S(=O)(=O)O.[NaH]. The van der Waals surface area contributed by atoms with E-state index in [1.807, 2.05) is 6.07 Å². The van der Waals surface area contributed by atoms with Crippen LogP contribution in [0.2, 0.25) is 0 Å². The van der Waals surface area contributed by atoms with E-state index < -0.39 is 40.2 Å². The van der Waals surface area contributed by atoms with Gasteiger partial charge in [-0.3, -0.25) is 14.1 Å². The Kier molecular flexibility index (Phi) is 8.93. The summed E-state index contributed by atoms with van der Waals surface area (Å²) < 4.78 is 36.3. The molecule has 4 N–H and O–H groups in total. The quantitative estimate of drug-likeness (QED) is 0.0963. The number of ether oxygens (including phenoxy) is 1. The molecule has 1 saturated heterocycles. The predicted molar refractivity (Wildman–Crippen MR) is 118 cm³/mol. The number of thiazole rings is 1. The summed E-state index contributed by atoms with van der Waals surface area (Å²) in [5, 5.41) is 7.53. The summed E-state index contributed by atoms with van der Waals surface area (Å²) in [6.45, 7) is 0.0148. The van der Waals surface area contributed by atoms with Crippen LogP contribution in [0.25, 0.3) is 0 Å². The van der Waals surface area contributed by atoms with E-state index in [9.17, 15) is 27.4 Å². The molecule has 13 nitrogen and oxygen atoms in total. The fourth-order valence-electron chi connectivity index (χ4n) is 2.77. The van der Waals surface area contributed by atoms with Crippen LogP contribution < -0.4 is 11.1 Å². The van der Waals surface area contributed by atoms with Gasteiger partial charge in [-0.1, -0.05) is 35.5 Å². The van der Waals surface area contributed by atoms with Gasteiger partial charge in [0.15, 0.2) is 16.9 Å². The number of benzene rings is 1. The Morgan fingerprint density at radius 1 is 1.33 bits per heavy atom. The van der Waals surface area contributed by atoms with E-state index in [1.165, 1.54) is 5.38 Å². The van der Waals surface area contributed by atoms with Crippen molar-refractivity contribution < 1.29 is 36.9 Å². The molecule has 0 bridgehead atoms. The summed E-state index contributed by atoms with van der Waals surface area (Å²) in [5.74, 6) is -3.39. The summed E-state index contributed by atoms with van der Waals surface area (Å²) in [4.78, 5) is 46.1. The number of nitrogens with zero attached hydrogens (tertiary/aromatic N) is 3. The number of carbonyl (C=O) groups excluding carboxylic acids is 3. The van der Waals surface area contributed by atoms with Crippen LogP contribution in [0.1, 0.15) is 11.3 Å². The van der Waals surface area contributed by atoms with Crippen molar-refractivity contribution in [2.75, 3.05) is 12.8 Å². The molecule has 33 heavy (non-hydrogen) atoms. The molecule has 1 aromatic heterocycles. The molecule has 1 aliphatic heterocycles. The zero-order valence-electron chi connectivity index (χ0n) is 16.4. The number of oxime groups is 1. The first-order valence-corrected chi connectivity index (χ1v) is 11.1. The second-order valence-corrected chi connectivity index (χ2v) is 8.48. The van der Waals surface area contributed by atoms with Gasteiger partial charge in [-0.2, -0.15) is 12.7 Å². The van der Waals surface area contributed by atoms with Crippen LogP contribution in [-0.4, -0.2) is 94.5 Å². The summed E-state index contributed by atoms with van der Waals surface area (Å²) in [5.41, 5.74) is 6.04. The van der Waals surface area contributed by atoms with Crippen LogP contribution in [0.15, 0.2) is 40.9 Å². The minimum atomic E-state index is -5.05. The molecule has 2 unspecified atom stereocenters. The second-order valence-electron chi connectivity index (χ2n) is 6.30. The predicted octanol–water partition coefficient (Wildman–Crippen LogP) is -1.33. The molecule has 2 amide bonds. The average Bonchev–Trinajstić information content (AvgIpc) is 3.17. The van der Waals surface area contributed by atoms with E-state index in [0.717, 1.165) is 24.0 Å². The molecular formula is C17H18N5NaO8S2. The number of amides is 2. The first-order chi connectivity index (χ1) is 15.1. The summed E-state index contributed by atoms with van der Waals surface area (Å²) in [6, 6.07) is 5.50. The molecule has 0 aliphatic carbocycles. The molecule has 1 fully saturated rings. The summed E-state index contributed by atoms with van der Waals surface area (Å²) >= 11 is 1.02. The van der Waals surface area contributed by atoms with Gasteiger partial charge in [0.2, 0.25) is 0 Å². The number of methoxy groups -OCH3 is 1. The third-order valence-electron chi connectivity index (χ3n) is 4.24. The number of anilines is 1. The van der Waals surface area contributed by atoms with E-state index in [1.54, 1.807) is 24.3 Å². The normalized spacial score (nSPS) is 18.1. The van der Waals surface area contributed by atoms with Gasteiger partial charge in [0.05, 0.1) is 7.11 Å². The Morgan fingerprint density at radius 3 is 2.55 bits per heavy atom. The average molecular weight is 507 g/mol. The van der Waals surface area contributed by atoms with Crippen molar-refractivity contribution in [3.63, 3.8) is 0 Å². The number of rotatable bonds is 8. The van der Waals surface area contributed by atoms with Crippen molar-refractivity contribution in [1.29, 1.82) is 0 Å². The molecule has 2 aromatic rings. The fraction of sp³-hybridized carbons (Fsp3) is 0.235. The number of hydrogen-bond acceptors (Lipinski definition) is 11. The fourth-order valence-corrected chi connectivity index (χ4v) is 4.15. The van der Waals surface area contributed by atoms with E-state index in [-0.39, 0.29) is 57.0 Å². The van der Waals surface area contributed by atoms with Gasteiger partial charge in [-0.05, 0) is 5.56 Å².